The quantitative estimate of drug-likeness (QED) is 0.568. The molecule has 1 atom stereocenters. The Morgan fingerprint density at radius 2 is 1.94 bits per heavy atom. The van der Waals surface area contributed by atoms with Crippen LogP contribution in [0.15, 0.2) is 0 Å². The van der Waals surface area contributed by atoms with E-state index in [0.29, 0.717) is 0 Å². The highest BCUT2D eigenvalue weighted by atomic mass is 28.3. The summed E-state index contributed by atoms with van der Waals surface area (Å²) in [5.74, 6) is -0.0841. The van der Waals surface area contributed by atoms with E-state index in [-0.39, 0.29) is 17.6 Å². The van der Waals surface area contributed by atoms with Crippen molar-refractivity contribution in [3.8, 4) is 0 Å². The lowest BCUT2D eigenvalue weighted by atomic mass is 10.1. The Balaban J connectivity index is 2.52. The van der Waals surface area contributed by atoms with Crippen LogP contribution in [-0.2, 0) is 9.53 Å². The number of hydrogen-bond donors (Lipinski definition) is 1. The van der Waals surface area contributed by atoms with Crippen molar-refractivity contribution in [3.05, 3.63) is 0 Å². The van der Waals surface area contributed by atoms with E-state index in [1.165, 1.54) is 12.1 Å². The predicted octanol–water partition coefficient (Wildman–Crippen LogP) is 2.40. The first-order valence-corrected chi connectivity index (χ1v) is 9.57. The molecular formula is C12H25NO2Si. The first-order chi connectivity index (χ1) is 7.20. The van der Waals surface area contributed by atoms with Gasteiger partial charge in [-0.1, -0.05) is 19.1 Å². The number of carbonyl (C=O) groups is 1. The summed E-state index contributed by atoms with van der Waals surface area (Å²) < 4.78 is 5.41. The van der Waals surface area contributed by atoms with Gasteiger partial charge in [0, 0.05) is 8.07 Å². The second-order valence-corrected chi connectivity index (χ2v) is 11.8. The minimum atomic E-state index is -1.06. The molecule has 0 amide bonds. The van der Waals surface area contributed by atoms with Gasteiger partial charge in [0.05, 0.1) is 0 Å². The second-order valence-electron chi connectivity index (χ2n) is 6.49. The van der Waals surface area contributed by atoms with Gasteiger partial charge in [0.25, 0.3) is 0 Å². The summed E-state index contributed by atoms with van der Waals surface area (Å²) in [4.78, 5) is 11.9. The van der Waals surface area contributed by atoms with Gasteiger partial charge in [-0.15, -0.1) is 0 Å². The predicted molar refractivity (Wildman–Crippen MR) is 69.3 cm³/mol. The summed E-state index contributed by atoms with van der Waals surface area (Å²) in [7, 11) is -1.06. The Morgan fingerprint density at radius 1 is 1.31 bits per heavy atom. The van der Waals surface area contributed by atoms with Crippen molar-refractivity contribution >= 4 is 14.0 Å². The fourth-order valence-electron chi connectivity index (χ4n) is 1.92. The Labute approximate surface area is 100.0 Å². The van der Waals surface area contributed by atoms with Gasteiger partial charge in [0.1, 0.15) is 11.6 Å². The van der Waals surface area contributed by atoms with Crippen molar-refractivity contribution in [2.75, 3.05) is 6.54 Å². The fraction of sp³-hybridized carbons (Fsp3) is 0.917. The molecule has 0 aliphatic carbocycles. The fourth-order valence-corrected chi connectivity index (χ4v) is 4.06. The molecule has 1 rings (SSSR count). The van der Waals surface area contributed by atoms with E-state index < -0.39 is 8.07 Å². The van der Waals surface area contributed by atoms with Crippen LogP contribution in [0.1, 0.15) is 27.2 Å². The summed E-state index contributed by atoms with van der Waals surface area (Å²) >= 11 is 0. The van der Waals surface area contributed by atoms with E-state index in [2.05, 4.69) is 18.4 Å². The molecule has 0 spiro atoms. The third kappa shape index (κ3) is 4.66. The van der Waals surface area contributed by atoms with Crippen LogP contribution < -0.4 is 5.32 Å². The van der Waals surface area contributed by atoms with Crippen LogP contribution in [0.25, 0.3) is 0 Å². The molecule has 1 aliphatic rings. The maximum Gasteiger partial charge on any atom is 0.323 e. The summed E-state index contributed by atoms with van der Waals surface area (Å²) in [5.41, 5.74) is -0.377. The minimum Gasteiger partial charge on any atom is -0.459 e. The largest absolute Gasteiger partial charge is 0.459 e. The zero-order valence-electron chi connectivity index (χ0n) is 11.2. The molecule has 1 unspecified atom stereocenters. The van der Waals surface area contributed by atoms with Crippen LogP contribution >= 0.6 is 0 Å². The lowest BCUT2D eigenvalue weighted by Crippen LogP contribution is -2.40. The van der Waals surface area contributed by atoms with Gasteiger partial charge in [0.2, 0.25) is 0 Å². The molecule has 0 radical (unpaired) electrons. The molecule has 1 N–H and O–H groups in total. The average Bonchev–Trinajstić information content (AvgIpc) is 2.23. The smallest absolute Gasteiger partial charge is 0.323 e. The maximum absolute atomic E-state index is 11.9. The van der Waals surface area contributed by atoms with Crippen molar-refractivity contribution in [3.63, 3.8) is 0 Å². The molecule has 0 aromatic rings. The van der Waals surface area contributed by atoms with Gasteiger partial charge >= 0.3 is 5.97 Å². The summed E-state index contributed by atoms with van der Waals surface area (Å²) in [6.07, 6.45) is 0.939. The monoisotopic (exact) mass is 243 g/mol. The van der Waals surface area contributed by atoms with E-state index in [9.17, 15) is 4.79 Å². The third-order valence-corrected chi connectivity index (χ3v) is 6.24. The topological polar surface area (TPSA) is 38.3 Å². The van der Waals surface area contributed by atoms with Gasteiger partial charge in [-0.05, 0) is 39.8 Å². The molecule has 0 saturated carbocycles. The average molecular weight is 243 g/mol. The van der Waals surface area contributed by atoms with Crippen LogP contribution in [0.4, 0.5) is 0 Å². The highest BCUT2D eigenvalue weighted by molar-refractivity contribution is 6.77. The Kier molecular flexibility index (Phi) is 4.18. The van der Waals surface area contributed by atoms with E-state index in [1.807, 2.05) is 20.8 Å². The Morgan fingerprint density at radius 3 is 2.50 bits per heavy atom. The number of ether oxygens (including phenoxy) is 1. The molecule has 1 fully saturated rings. The van der Waals surface area contributed by atoms with Gasteiger partial charge in [-0.25, -0.2) is 0 Å². The van der Waals surface area contributed by atoms with Crippen LogP contribution in [0.5, 0.6) is 0 Å². The first-order valence-electron chi connectivity index (χ1n) is 6.16. The van der Waals surface area contributed by atoms with Gasteiger partial charge in [-0.3, -0.25) is 4.79 Å². The Hall–Kier alpha value is -0.353. The van der Waals surface area contributed by atoms with Crippen LogP contribution in [0, 0.1) is 0 Å². The lowest BCUT2D eigenvalue weighted by Gasteiger charge is -2.24. The third-order valence-electron chi connectivity index (χ3n) is 2.99. The minimum absolute atomic E-state index is 0.0841. The van der Waals surface area contributed by atoms with E-state index in [4.69, 9.17) is 4.74 Å². The molecule has 1 saturated heterocycles. The van der Waals surface area contributed by atoms with Gasteiger partial charge in [0.15, 0.2) is 0 Å². The van der Waals surface area contributed by atoms with Gasteiger partial charge < -0.3 is 10.1 Å². The molecule has 94 valence electrons. The van der Waals surface area contributed by atoms with Crippen molar-refractivity contribution < 1.29 is 9.53 Å². The summed E-state index contributed by atoms with van der Waals surface area (Å²) in [6.45, 7) is 11.5. The van der Waals surface area contributed by atoms with E-state index >= 15 is 0 Å². The van der Waals surface area contributed by atoms with Crippen molar-refractivity contribution in [2.45, 2.75) is 64.0 Å². The van der Waals surface area contributed by atoms with Crippen molar-refractivity contribution in [2.24, 2.45) is 0 Å². The molecular weight excluding hydrogens is 218 g/mol. The first kappa shape index (κ1) is 13.7. The maximum atomic E-state index is 11.9. The molecule has 16 heavy (non-hydrogen) atoms. The lowest BCUT2D eigenvalue weighted by molar-refractivity contribution is -0.157. The number of rotatable bonds is 1. The molecule has 3 nitrogen and oxygen atoms in total. The van der Waals surface area contributed by atoms with E-state index in [1.54, 1.807) is 0 Å². The van der Waals surface area contributed by atoms with Crippen LogP contribution in [0.3, 0.4) is 0 Å². The molecule has 1 heterocycles. The number of hydrogen-bond acceptors (Lipinski definition) is 3. The highest BCUT2D eigenvalue weighted by Crippen LogP contribution is 2.22. The molecule has 1 aliphatic heterocycles. The van der Waals surface area contributed by atoms with E-state index in [0.717, 1.165) is 13.0 Å². The standard InChI is InChI=1S/C12H25NO2Si/c1-12(2,3)15-11(14)10-6-8-16(4,5)9-7-13-10/h10,13H,6-9H2,1-5H3. The summed E-state index contributed by atoms with van der Waals surface area (Å²) in [5, 5.41) is 3.32. The molecule has 4 heteroatoms. The van der Waals surface area contributed by atoms with Crippen molar-refractivity contribution in [1.82, 2.24) is 5.32 Å². The number of carbonyl (C=O) groups excluding carboxylic acids is 1. The summed E-state index contributed by atoms with van der Waals surface area (Å²) in [6, 6.07) is 2.38. The normalized spacial score (nSPS) is 25.9. The zero-order chi connectivity index (χ0) is 12.4. The highest BCUT2D eigenvalue weighted by Gasteiger charge is 2.31. The Bertz CT molecular complexity index is 258. The van der Waals surface area contributed by atoms with Gasteiger partial charge in [-0.2, -0.15) is 0 Å². The molecule has 0 bridgehead atoms. The van der Waals surface area contributed by atoms with Crippen LogP contribution in [0.2, 0.25) is 25.2 Å². The second kappa shape index (κ2) is 4.88. The van der Waals surface area contributed by atoms with Crippen LogP contribution in [-0.4, -0.2) is 32.2 Å². The number of esters is 1. The van der Waals surface area contributed by atoms with Crippen molar-refractivity contribution in [1.29, 1.82) is 0 Å². The zero-order valence-corrected chi connectivity index (χ0v) is 12.2. The molecule has 0 aromatic carbocycles. The SMILES string of the molecule is CC(C)(C)OC(=O)C1CC[Si](C)(C)CCN1. The number of nitrogens with one attached hydrogen (secondary N) is 1. The molecule has 0 aromatic heterocycles.